The molecule has 0 radical (unpaired) electrons. The number of nitrogens with one attached hydrogen (secondary N) is 1. The average molecular weight is 305 g/mol. The fourth-order valence-electron chi connectivity index (χ4n) is 2.87. The Morgan fingerprint density at radius 1 is 1.29 bits per heavy atom. The monoisotopic (exact) mass is 304 g/mol. The first-order chi connectivity index (χ1) is 10.1. The van der Waals surface area contributed by atoms with Crippen LogP contribution in [-0.2, 0) is 6.54 Å². The van der Waals surface area contributed by atoms with Crippen LogP contribution in [0.15, 0.2) is 30.3 Å². The quantitative estimate of drug-likeness (QED) is 0.946. The standard InChI is InChI=1S/C16H21ClN4/c1-12-10-21(14-6-4-3-5-7-14)9-8-20(12)11-15-16(17)13(2)18-19-15/h3-7,12H,8-11H2,1-2H3,(H,18,19)/t12-/m1/s1. The lowest BCUT2D eigenvalue weighted by atomic mass is 10.1. The minimum atomic E-state index is 0.479. The summed E-state index contributed by atoms with van der Waals surface area (Å²) < 4.78 is 0. The molecule has 1 N–H and O–H groups in total. The van der Waals surface area contributed by atoms with E-state index >= 15 is 0 Å². The van der Waals surface area contributed by atoms with Gasteiger partial charge in [-0.15, -0.1) is 0 Å². The van der Waals surface area contributed by atoms with E-state index in [0.29, 0.717) is 6.04 Å². The molecule has 2 aromatic rings. The number of aryl methyl sites for hydroxylation is 1. The first-order valence-electron chi connectivity index (χ1n) is 7.38. The lowest BCUT2D eigenvalue weighted by molar-refractivity contribution is 0.179. The number of piperazine rings is 1. The van der Waals surface area contributed by atoms with Crippen LogP contribution in [-0.4, -0.2) is 40.8 Å². The maximum atomic E-state index is 6.27. The lowest BCUT2D eigenvalue weighted by Crippen LogP contribution is -2.51. The van der Waals surface area contributed by atoms with Gasteiger partial charge in [-0.3, -0.25) is 10.00 Å². The van der Waals surface area contributed by atoms with Crippen LogP contribution in [0.25, 0.3) is 0 Å². The van der Waals surface area contributed by atoms with E-state index in [-0.39, 0.29) is 0 Å². The number of hydrogen-bond acceptors (Lipinski definition) is 3. The highest BCUT2D eigenvalue weighted by molar-refractivity contribution is 6.31. The van der Waals surface area contributed by atoms with Crippen molar-refractivity contribution in [3.8, 4) is 0 Å². The van der Waals surface area contributed by atoms with Crippen LogP contribution < -0.4 is 4.90 Å². The number of halogens is 1. The van der Waals surface area contributed by atoms with Crippen molar-refractivity contribution in [2.75, 3.05) is 24.5 Å². The van der Waals surface area contributed by atoms with Gasteiger partial charge in [-0.1, -0.05) is 29.8 Å². The van der Waals surface area contributed by atoms with Crippen molar-refractivity contribution in [3.63, 3.8) is 0 Å². The number of aromatic nitrogens is 2. The van der Waals surface area contributed by atoms with Gasteiger partial charge in [-0.2, -0.15) is 5.10 Å². The molecule has 1 atom stereocenters. The largest absolute Gasteiger partial charge is 0.369 e. The molecule has 0 spiro atoms. The summed E-state index contributed by atoms with van der Waals surface area (Å²) in [4.78, 5) is 4.89. The molecule has 0 aliphatic carbocycles. The smallest absolute Gasteiger partial charge is 0.0951 e. The van der Waals surface area contributed by atoms with Gasteiger partial charge in [0.15, 0.2) is 0 Å². The summed E-state index contributed by atoms with van der Waals surface area (Å²) in [5, 5.41) is 8.04. The Morgan fingerprint density at radius 2 is 2.05 bits per heavy atom. The molecule has 1 aliphatic rings. The molecule has 2 heterocycles. The molecule has 112 valence electrons. The number of anilines is 1. The van der Waals surface area contributed by atoms with Crippen molar-refractivity contribution in [1.29, 1.82) is 0 Å². The molecular weight excluding hydrogens is 284 g/mol. The highest BCUT2D eigenvalue weighted by atomic mass is 35.5. The molecular formula is C16H21ClN4. The Balaban J connectivity index is 1.65. The van der Waals surface area contributed by atoms with Gasteiger partial charge in [0.1, 0.15) is 0 Å². The molecule has 21 heavy (non-hydrogen) atoms. The van der Waals surface area contributed by atoms with Gasteiger partial charge in [-0.05, 0) is 26.0 Å². The molecule has 4 nitrogen and oxygen atoms in total. The zero-order chi connectivity index (χ0) is 14.8. The third kappa shape index (κ3) is 3.06. The summed E-state index contributed by atoms with van der Waals surface area (Å²) in [7, 11) is 0. The van der Waals surface area contributed by atoms with Gasteiger partial charge < -0.3 is 4.90 Å². The Labute approximate surface area is 130 Å². The predicted octanol–water partition coefficient (Wildman–Crippen LogP) is 3.08. The number of H-pyrrole nitrogens is 1. The number of rotatable bonds is 3. The van der Waals surface area contributed by atoms with Crippen molar-refractivity contribution < 1.29 is 0 Å². The van der Waals surface area contributed by atoms with E-state index in [1.54, 1.807) is 0 Å². The van der Waals surface area contributed by atoms with Crippen LogP contribution >= 0.6 is 11.6 Å². The maximum Gasteiger partial charge on any atom is 0.0951 e. The van der Waals surface area contributed by atoms with E-state index in [1.807, 2.05) is 6.92 Å². The Bertz CT molecular complexity index is 596. The summed E-state index contributed by atoms with van der Waals surface area (Å²) in [6.07, 6.45) is 0. The molecule has 1 aromatic carbocycles. The summed E-state index contributed by atoms with van der Waals surface area (Å²) in [5.74, 6) is 0. The number of benzene rings is 1. The zero-order valence-electron chi connectivity index (χ0n) is 12.5. The lowest BCUT2D eigenvalue weighted by Gasteiger charge is -2.40. The zero-order valence-corrected chi connectivity index (χ0v) is 13.3. The van der Waals surface area contributed by atoms with Crippen LogP contribution in [0.5, 0.6) is 0 Å². The molecule has 1 aliphatic heterocycles. The topological polar surface area (TPSA) is 35.2 Å². The van der Waals surface area contributed by atoms with Crippen LogP contribution in [0.3, 0.4) is 0 Å². The van der Waals surface area contributed by atoms with E-state index in [9.17, 15) is 0 Å². The van der Waals surface area contributed by atoms with Crippen molar-refractivity contribution in [3.05, 3.63) is 46.7 Å². The fraction of sp³-hybridized carbons (Fsp3) is 0.438. The van der Waals surface area contributed by atoms with Crippen molar-refractivity contribution >= 4 is 17.3 Å². The van der Waals surface area contributed by atoms with Gasteiger partial charge in [0.05, 0.1) is 16.4 Å². The Morgan fingerprint density at radius 3 is 2.67 bits per heavy atom. The summed E-state index contributed by atoms with van der Waals surface area (Å²) in [6.45, 7) is 8.13. The van der Waals surface area contributed by atoms with Crippen molar-refractivity contribution in [2.45, 2.75) is 26.4 Å². The number of aromatic amines is 1. The highest BCUT2D eigenvalue weighted by Gasteiger charge is 2.25. The molecule has 0 saturated carbocycles. The van der Waals surface area contributed by atoms with Crippen molar-refractivity contribution in [1.82, 2.24) is 15.1 Å². The maximum absolute atomic E-state index is 6.27. The first kappa shape index (κ1) is 14.4. The van der Waals surface area contributed by atoms with Crippen LogP contribution in [0.2, 0.25) is 5.02 Å². The number of hydrogen-bond donors (Lipinski definition) is 1. The van der Waals surface area contributed by atoms with Crippen LogP contribution in [0.1, 0.15) is 18.3 Å². The summed E-state index contributed by atoms with van der Waals surface area (Å²) in [6, 6.07) is 11.1. The summed E-state index contributed by atoms with van der Waals surface area (Å²) >= 11 is 6.27. The molecule has 0 amide bonds. The van der Waals surface area contributed by atoms with Gasteiger partial charge in [0.25, 0.3) is 0 Å². The van der Waals surface area contributed by atoms with Crippen LogP contribution in [0, 0.1) is 6.92 Å². The van der Waals surface area contributed by atoms with Gasteiger partial charge >= 0.3 is 0 Å². The Kier molecular flexibility index (Phi) is 4.17. The number of para-hydroxylation sites is 1. The third-order valence-corrected chi connectivity index (χ3v) is 4.68. The third-order valence-electron chi connectivity index (χ3n) is 4.18. The second-order valence-electron chi connectivity index (χ2n) is 5.71. The SMILES string of the molecule is Cc1[nH]nc(CN2CCN(c3ccccc3)C[C@H]2C)c1Cl. The van der Waals surface area contributed by atoms with Crippen molar-refractivity contribution in [2.24, 2.45) is 0 Å². The van der Waals surface area contributed by atoms with Gasteiger partial charge in [0.2, 0.25) is 0 Å². The molecule has 3 rings (SSSR count). The normalized spacial score (nSPS) is 20.0. The van der Waals surface area contributed by atoms with E-state index < -0.39 is 0 Å². The molecule has 5 heteroatoms. The van der Waals surface area contributed by atoms with Gasteiger partial charge in [-0.25, -0.2) is 0 Å². The minimum Gasteiger partial charge on any atom is -0.369 e. The van der Waals surface area contributed by atoms with E-state index in [4.69, 9.17) is 11.6 Å². The predicted molar refractivity (Wildman–Crippen MR) is 86.9 cm³/mol. The van der Waals surface area contributed by atoms with E-state index in [2.05, 4.69) is 57.3 Å². The minimum absolute atomic E-state index is 0.479. The second kappa shape index (κ2) is 6.08. The van der Waals surface area contributed by atoms with Gasteiger partial charge in [0, 0.05) is 37.9 Å². The molecule has 1 saturated heterocycles. The number of nitrogens with zero attached hydrogens (tertiary/aromatic N) is 3. The first-order valence-corrected chi connectivity index (χ1v) is 7.76. The van der Waals surface area contributed by atoms with Crippen LogP contribution in [0.4, 0.5) is 5.69 Å². The fourth-order valence-corrected chi connectivity index (χ4v) is 3.01. The Hall–Kier alpha value is -1.52. The second-order valence-corrected chi connectivity index (χ2v) is 6.09. The molecule has 1 fully saturated rings. The molecule has 0 unspecified atom stereocenters. The average Bonchev–Trinajstić information content (AvgIpc) is 2.82. The molecule has 0 bridgehead atoms. The highest BCUT2D eigenvalue weighted by Crippen LogP contribution is 2.23. The summed E-state index contributed by atoms with van der Waals surface area (Å²) in [5.41, 5.74) is 3.20. The molecule has 1 aromatic heterocycles. The van der Waals surface area contributed by atoms with E-state index in [0.717, 1.165) is 42.6 Å². The van der Waals surface area contributed by atoms with E-state index in [1.165, 1.54) is 5.69 Å².